The van der Waals surface area contributed by atoms with Gasteiger partial charge in [0.25, 0.3) is 0 Å². The van der Waals surface area contributed by atoms with Crippen LogP contribution >= 0.6 is 0 Å². The number of aliphatic imine (C=N–C) groups is 1. The van der Waals surface area contributed by atoms with Gasteiger partial charge in [0.15, 0.2) is 0 Å². The van der Waals surface area contributed by atoms with Crippen molar-refractivity contribution in [3.63, 3.8) is 0 Å². The Balaban J connectivity index is 0.00000107. The standard InChI is InChI=1S/C24H41N3O2.C9H16F2.C2H6/c1-10-13-14-25-19(5)22(21(11-2)12-3)20(6)26-15-16-27(18(4)17-26)23(28)29-24(7,8)9;1-2-4-8-5-3-6-9(10,11)7-8;1-2/h11,13-14,18H,10,12,15-17H2,1-9H3;8H,2-7H2,1H3;1-2H3/b14-13+,21-11-,22-20-,25-19+;;. The van der Waals surface area contributed by atoms with E-state index in [1.54, 1.807) is 0 Å². The first kappa shape index (κ1) is 39.8. The summed E-state index contributed by atoms with van der Waals surface area (Å²) in [4.78, 5) is 21.4. The number of nitrogens with zero attached hydrogens (tertiary/aromatic N) is 3. The molecule has 1 saturated heterocycles. The van der Waals surface area contributed by atoms with E-state index in [0.29, 0.717) is 12.5 Å². The van der Waals surface area contributed by atoms with Gasteiger partial charge in [0.05, 0.1) is 0 Å². The summed E-state index contributed by atoms with van der Waals surface area (Å²) in [7, 11) is 0. The SMILES string of the molecule is CC.CCCC1CCCC(F)(F)C1.C\C=C(CC)/C(C(/C)=N/C=C/CC)=C(/C)N1CCN(C(=O)OC(C)(C)C)C(C)C1. The molecular formula is C35H63F2N3O2. The minimum atomic E-state index is -2.35. The second-order valence-electron chi connectivity index (χ2n) is 12.2. The maximum absolute atomic E-state index is 12.8. The predicted molar refractivity (Wildman–Crippen MR) is 176 cm³/mol. The largest absolute Gasteiger partial charge is 0.444 e. The van der Waals surface area contributed by atoms with Crippen molar-refractivity contribution in [2.24, 2.45) is 10.9 Å². The topological polar surface area (TPSA) is 45.1 Å². The predicted octanol–water partition coefficient (Wildman–Crippen LogP) is 10.6. The summed E-state index contributed by atoms with van der Waals surface area (Å²) >= 11 is 0. The molecule has 7 heteroatoms. The number of ether oxygens (including phenoxy) is 1. The van der Waals surface area contributed by atoms with E-state index in [0.717, 1.165) is 57.3 Å². The molecule has 0 spiro atoms. The average molecular weight is 596 g/mol. The maximum atomic E-state index is 12.8. The lowest BCUT2D eigenvalue weighted by Crippen LogP contribution is -2.54. The van der Waals surface area contributed by atoms with Crippen LogP contribution in [0.1, 0.15) is 134 Å². The zero-order chi connectivity index (χ0) is 32.5. The highest BCUT2D eigenvalue weighted by atomic mass is 19.3. The average Bonchev–Trinajstić information content (AvgIpc) is 2.91. The summed E-state index contributed by atoms with van der Waals surface area (Å²) in [6.45, 7) is 26.7. The lowest BCUT2D eigenvalue weighted by atomic mass is 9.84. The van der Waals surface area contributed by atoms with E-state index in [1.807, 2.05) is 45.7 Å². The summed E-state index contributed by atoms with van der Waals surface area (Å²) in [5.74, 6) is -2.05. The van der Waals surface area contributed by atoms with E-state index in [2.05, 4.69) is 70.5 Å². The van der Waals surface area contributed by atoms with Crippen molar-refractivity contribution < 1.29 is 18.3 Å². The van der Waals surface area contributed by atoms with Gasteiger partial charge in [-0.3, -0.25) is 4.99 Å². The fourth-order valence-corrected chi connectivity index (χ4v) is 5.53. The van der Waals surface area contributed by atoms with Gasteiger partial charge < -0.3 is 14.5 Å². The number of carbonyl (C=O) groups is 1. The molecule has 0 aromatic rings. The highest BCUT2D eigenvalue weighted by Crippen LogP contribution is 2.38. The minimum Gasteiger partial charge on any atom is -0.444 e. The van der Waals surface area contributed by atoms with E-state index < -0.39 is 11.5 Å². The van der Waals surface area contributed by atoms with Crippen LogP contribution in [0.4, 0.5) is 13.6 Å². The number of allylic oxidation sites excluding steroid dienone is 5. The second-order valence-corrected chi connectivity index (χ2v) is 12.2. The Morgan fingerprint density at radius 3 is 2.24 bits per heavy atom. The summed E-state index contributed by atoms with van der Waals surface area (Å²) in [5.41, 5.74) is 4.30. The molecule has 1 heterocycles. The Bertz CT molecular complexity index is 914. The van der Waals surface area contributed by atoms with Crippen LogP contribution < -0.4 is 0 Å². The molecule has 0 aromatic carbocycles. The van der Waals surface area contributed by atoms with Crippen molar-refractivity contribution in [2.75, 3.05) is 19.6 Å². The highest BCUT2D eigenvalue weighted by molar-refractivity contribution is 6.03. The first-order chi connectivity index (χ1) is 19.7. The van der Waals surface area contributed by atoms with Crippen molar-refractivity contribution >= 4 is 11.8 Å². The van der Waals surface area contributed by atoms with Crippen molar-refractivity contribution in [2.45, 2.75) is 152 Å². The van der Waals surface area contributed by atoms with E-state index in [9.17, 15) is 13.6 Å². The monoisotopic (exact) mass is 595 g/mol. The van der Waals surface area contributed by atoms with Crippen LogP contribution in [0.25, 0.3) is 0 Å². The molecule has 2 fully saturated rings. The van der Waals surface area contributed by atoms with E-state index >= 15 is 0 Å². The molecule has 1 aliphatic carbocycles. The molecule has 2 aliphatic rings. The second kappa shape index (κ2) is 19.9. The molecule has 1 amide bonds. The smallest absolute Gasteiger partial charge is 0.410 e. The molecular weight excluding hydrogens is 532 g/mol. The third-order valence-corrected chi connectivity index (χ3v) is 7.55. The van der Waals surface area contributed by atoms with Gasteiger partial charge in [0, 0.05) is 61.7 Å². The van der Waals surface area contributed by atoms with Crippen molar-refractivity contribution in [1.82, 2.24) is 9.80 Å². The highest BCUT2D eigenvalue weighted by Gasteiger charge is 2.35. The number of rotatable bonds is 8. The van der Waals surface area contributed by atoms with Crippen LogP contribution in [-0.2, 0) is 4.74 Å². The first-order valence-electron chi connectivity index (χ1n) is 16.4. The van der Waals surface area contributed by atoms with Crippen molar-refractivity contribution in [3.05, 3.63) is 35.2 Å². The third kappa shape index (κ3) is 14.3. The van der Waals surface area contributed by atoms with Crippen molar-refractivity contribution in [1.29, 1.82) is 0 Å². The molecule has 2 rings (SSSR count). The molecule has 0 aromatic heterocycles. The Morgan fingerprint density at radius 2 is 1.76 bits per heavy atom. The van der Waals surface area contributed by atoms with Crippen LogP contribution in [0, 0.1) is 5.92 Å². The van der Waals surface area contributed by atoms with Gasteiger partial charge in [-0.15, -0.1) is 0 Å². The number of amides is 1. The number of hydrogen-bond acceptors (Lipinski definition) is 4. The lowest BCUT2D eigenvalue weighted by Gasteiger charge is -2.42. The first-order valence-corrected chi connectivity index (χ1v) is 16.4. The normalized spacial score (nSPS) is 22.0. The van der Waals surface area contributed by atoms with Gasteiger partial charge >= 0.3 is 6.09 Å². The van der Waals surface area contributed by atoms with Crippen LogP contribution in [0.3, 0.4) is 0 Å². The molecule has 0 radical (unpaired) electrons. The van der Waals surface area contributed by atoms with E-state index in [4.69, 9.17) is 4.74 Å². The maximum Gasteiger partial charge on any atom is 0.410 e. The fraction of sp³-hybridized carbons (Fsp3) is 0.771. The summed E-state index contributed by atoms with van der Waals surface area (Å²) in [5, 5.41) is 0. The number of alkyl halides is 2. The zero-order valence-corrected chi connectivity index (χ0v) is 29.1. The zero-order valence-electron chi connectivity index (χ0n) is 29.1. The van der Waals surface area contributed by atoms with Gasteiger partial charge in [-0.1, -0.05) is 66.0 Å². The van der Waals surface area contributed by atoms with Gasteiger partial charge in [-0.05, 0) is 79.2 Å². The molecule has 2 atom stereocenters. The van der Waals surface area contributed by atoms with Gasteiger partial charge in [0.2, 0.25) is 5.92 Å². The van der Waals surface area contributed by atoms with Crippen LogP contribution in [0.15, 0.2) is 40.2 Å². The molecule has 1 aliphatic heterocycles. The third-order valence-electron chi connectivity index (χ3n) is 7.55. The number of hydrogen-bond donors (Lipinski definition) is 0. The summed E-state index contributed by atoms with van der Waals surface area (Å²) < 4.78 is 31.1. The molecule has 244 valence electrons. The fourth-order valence-electron chi connectivity index (χ4n) is 5.53. The van der Waals surface area contributed by atoms with Crippen LogP contribution in [0.5, 0.6) is 0 Å². The summed E-state index contributed by atoms with van der Waals surface area (Å²) in [6, 6.07) is 0.0858. The lowest BCUT2D eigenvalue weighted by molar-refractivity contribution is -0.0535. The minimum absolute atomic E-state index is 0.0858. The molecule has 0 N–H and O–H groups in total. The van der Waals surface area contributed by atoms with Crippen molar-refractivity contribution in [3.8, 4) is 0 Å². The van der Waals surface area contributed by atoms with Gasteiger partial charge in [-0.25, -0.2) is 13.6 Å². The van der Waals surface area contributed by atoms with Crippen LogP contribution in [0.2, 0.25) is 0 Å². The van der Waals surface area contributed by atoms with E-state index in [-0.39, 0.29) is 25.0 Å². The quantitative estimate of drug-likeness (QED) is 0.207. The molecule has 2 unspecified atom stereocenters. The molecule has 5 nitrogen and oxygen atoms in total. The van der Waals surface area contributed by atoms with E-state index in [1.165, 1.54) is 16.8 Å². The molecule has 0 bridgehead atoms. The Kier molecular flexibility index (Phi) is 18.9. The molecule has 42 heavy (non-hydrogen) atoms. The van der Waals surface area contributed by atoms with Gasteiger partial charge in [-0.2, -0.15) is 0 Å². The Labute approximate surface area is 257 Å². The number of piperazine rings is 1. The Hall–Kier alpha value is -2.18. The van der Waals surface area contributed by atoms with Gasteiger partial charge in [0.1, 0.15) is 5.60 Å². The van der Waals surface area contributed by atoms with Crippen LogP contribution in [-0.4, -0.2) is 58.8 Å². The number of halogens is 2. The summed E-state index contributed by atoms with van der Waals surface area (Å²) in [6.07, 6.45) is 11.9. The number of carbonyl (C=O) groups excluding carboxylic acids is 1. The Morgan fingerprint density at radius 1 is 1.12 bits per heavy atom. The molecule has 1 saturated carbocycles.